The van der Waals surface area contributed by atoms with Gasteiger partial charge in [0.05, 0.1) is 11.2 Å². The summed E-state index contributed by atoms with van der Waals surface area (Å²) in [7, 11) is 0. The Morgan fingerprint density at radius 2 is 2.32 bits per heavy atom. The number of anilines is 1. The standard InChI is InChI=1S/C12H9FN4OS/c1-6-5-19-12(14-6)15-11(18)10-8-4-7(13)2-3-9(8)16-17-10/h2-5H,1H3,(H,16,17)(H,14,15,18). The maximum absolute atomic E-state index is 13.2. The Morgan fingerprint density at radius 3 is 3.05 bits per heavy atom. The number of aromatic nitrogens is 3. The van der Waals surface area contributed by atoms with Gasteiger partial charge in [0.25, 0.3) is 5.91 Å². The third-order valence-corrected chi connectivity index (χ3v) is 3.46. The molecule has 5 nitrogen and oxygen atoms in total. The molecule has 96 valence electrons. The van der Waals surface area contributed by atoms with E-state index in [1.54, 1.807) is 6.07 Å². The molecule has 0 radical (unpaired) electrons. The van der Waals surface area contributed by atoms with Gasteiger partial charge in [0.15, 0.2) is 10.8 Å². The molecule has 0 bridgehead atoms. The van der Waals surface area contributed by atoms with Crippen molar-refractivity contribution in [1.82, 2.24) is 15.2 Å². The molecule has 0 saturated carbocycles. The molecule has 0 aliphatic rings. The summed E-state index contributed by atoms with van der Waals surface area (Å²) in [5.41, 5.74) is 1.60. The van der Waals surface area contributed by atoms with Gasteiger partial charge in [0, 0.05) is 10.8 Å². The van der Waals surface area contributed by atoms with Crippen molar-refractivity contribution in [1.29, 1.82) is 0 Å². The first kappa shape index (κ1) is 11.8. The molecule has 0 atom stereocenters. The maximum atomic E-state index is 13.2. The lowest BCUT2D eigenvalue weighted by Crippen LogP contribution is -2.12. The van der Waals surface area contributed by atoms with Crippen LogP contribution in [0.25, 0.3) is 10.9 Å². The summed E-state index contributed by atoms with van der Waals surface area (Å²) < 4.78 is 13.2. The Balaban J connectivity index is 1.95. The van der Waals surface area contributed by atoms with Gasteiger partial charge in [-0.1, -0.05) is 0 Å². The lowest BCUT2D eigenvalue weighted by Gasteiger charge is -1.98. The summed E-state index contributed by atoms with van der Waals surface area (Å²) in [6, 6.07) is 4.13. The highest BCUT2D eigenvalue weighted by molar-refractivity contribution is 7.13. The van der Waals surface area contributed by atoms with Gasteiger partial charge in [0.2, 0.25) is 0 Å². The zero-order valence-corrected chi connectivity index (χ0v) is 10.7. The minimum absolute atomic E-state index is 0.155. The molecule has 2 heterocycles. The first-order chi connectivity index (χ1) is 9.13. The summed E-state index contributed by atoms with van der Waals surface area (Å²) in [6.45, 7) is 1.84. The van der Waals surface area contributed by atoms with E-state index in [0.717, 1.165) is 5.69 Å². The van der Waals surface area contributed by atoms with Crippen molar-refractivity contribution < 1.29 is 9.18 Å². The third kappa shape index (κ3) is 2.19. The van der Waals surface area contributed by atoms with Gasteiger partial charge in [-0.3, -0.25) is 15.2 Å². The van der Waals surface area contributed by atoms with Crippen molar-refractivity contribution in [2.45, 2.75) is 6.92 Å². The largest absolute Gasteiger partial charge is 0.296 e. The number of benzene rings is 1. The van der Waals surface area contributed by atoms with Crippen molar-refractivity contribution in [3.05, 3.63) is 40.8 Å². The average molecular weight is 276 g/mol. The quantitative estimate of drug-likeness (QED) is 0.756. The Hall–Kier alpha value is -2.28. The Morgan fingerprint density at radius 1 is 1.47 bits per heavy atom. The highest BCUT2D eigenvalue weighted by atomic mass is 32.1. The van der Waals surface area contributed by atoms with Gasteiger partial charge in [0.1, 0.15) is 5.82 Å². The first-order valence-corrected chi connectivity index (χ1v) is 6.38. The number of carbonyl (C=O) groups is 1. The predicted molar refractivity (Wildman–Crippen MR) is 70.9 cm³/mol. The van der Waals surface area contributed by atoms with Crippen LogP contribution in [0.5, 0.6) is 0 Å². The number of amides is 1. The van der Waals surface area contributed by atoms with E-state index in [0.29, 0.717) is 16.0 Å². The SMILES string of the molecule is Cc1csc(NC(=O)c2n[nH]c3ccc(F)cc23)n1. The van der Waals surface area contributed by atoms with Crippen molar-refractivity contribution in [2.24, 2.45) is 0 Å². The van der Waals surface area contributed by atoms with Gasteiger partial charge in [-0.2, -0.15) is 5.10 Å². The fourth-order valence-electron chi connectivity index (χ4n) is 1.73. The van der Waals surface area contributed by atoms with Crippen LogP contribution in [0.3, 0.4) is 0 Å². The van der Waals surface area contributed by atoms with Gasteiger partial charge >= 0.3 is 0 Å². The number of nitrogens with zero attached hydrogens (tertiary/aromatic N) is 2. The maximum Gasteiger partial charge on any atom is 0.278 e. The van der Waals surface area contributed by atoms with Crippen LogP contribution in [0, 0.1) is 12.7 Å². The second kappa shape index (κ2) is 4.43. The van der Waals surface area contributed by atoms with E-state index in [4.69, 9.17) is 0 Å². The number of aryl methyl sites for hydroxylation is 1. The number of nitrogens with one attached hydrogen (secondary N) is 2. The van der Waals surface area contributed by atoms with Gasteiger partial charge in [-0.15, -0.1) is 11.3 Å². The molecule has 3 rings (SSSR count). The molecule has 7 heteroatoms. The molecule has 3 aromatic rings. The molecule has 0 spiro atoms. The fourth-order valence-corrected chi connectivity index (χ4v) is 2.41. The normalized spacial score (nSPS) is 10.8. The lowest BCUT2D eigenvalue weighted by atomic mass is 10.2. The molecule has 2 aromatic heterocycles. The number of halogens is 1. The summed E-state index contributed by atoms with van der Waals surface area (Å²) in [5, 5.41) is 12.0. The number of rotatable bonds is 2. The number of aromatic amines is 1. The second-order valence-electron chi connectivity index (χ2n) is 4.01. The van der Waals surface area contributed by atoms with E-state index < -0.39 is 11.7 Å². The molecule has 0 aliphatic heterocycles. The van der Waals surface area contributed by atoms with Crippen LogP contribution in [0.4, 0.5) is 9.52 Å². The summed E-state index contributed by atoms with van der Waals surface area (Å²) in [6.07, 6.45) is 0. The van der Waals surface area contributed by atoms with Crippen LogP contribution in [-0.2, 0) is 0 Å². The first-order valence-electron chi connectivity index (χ1n) is 5.50. The van der Waals surface area contributed by atoms with Gasteiger partial charge < -0.3 is 0 Å². The Bertz CT molecular complexity index is 764. The third-order valence-electron chi connectivity index (χ3n) is 2.58. The number of hydrogen-bond donors (Lipinski definition) is 2. The monoisotopic (exact) mass is 276 g/mol. The van der Waals surface area contributed by atoms with E-state index >= 15 is 0 Å². The van der Waals surface area contributed by atoms with E-state index in [1.807, 2.05) is 12.3 Å². The highest BCUT2D eigenvalue weighted by Gasteiger charge is 2.15. The van der Waals surface area contributed by atoms with Crippen LogP contribution in [-0.4, -0.2) is 21.1 Å². The zero-order valence-electron chi connectivity index (χ0n) is 9.90. The van der Waals surface area contributed by atoms with Gasteiger partial charge in [-0.25, -0.2) is 9.37 Å². The van der Waals surface area contributed by atoms with E-state index in [1.165, 1.54) is 23.5 Å². The zero-order chi connectivity index (χ0) is 13.4. The molecule has 1 aromatic carbocycles. The van der Waals surface area contributed by atoms with Crippen molar-refractivity contribution in [2.75, 3.05) is 5.32 Å². The van der Waals surface area contributed by atoms with Crippen LogP contribution in [0.15, 0.2) is 23.6 Å². The Kier molecular flexibility index (Phi) is 2.75. The molecular formula is C12H9FN4OS. The van der Waals surface area contributed by atoms with Gasteiger partial charge in [-0.05, 0) is 25.1 Å². The summed E-state index contributed by atoms with van der Waals surface area (Å²) in [4.78, 5) is 16.2. The molecule has 0 aliphatic carbocycles. The second-order valence-corrected chi connectivity index (χ2v) is 4.87. The van der Waals surface area contributed by atoms with Crippen LogP contribution in [0.2, 0.25) is 0 Å². The molecule has 0 saturated heterocycles. The molecule has 1 amide bonds. The smallest absolute Gasteiger partial charge is 0.278 e. The molecular weight excluding hydrogens is 267 g/mol. The van der Waals surface area contributed by atoms with E-state index in [-0.39, 0.29) is 5.69 Å². The Labute approximate surface area is 111 Å². The van der Waals surface area contributed by atoms with Crippen LogP contribution >= 0.6 is 11.3 Å². The van der Waals surface area contributed by atoms with Crippen LogP contribution < -0.4 is 5.32 Å². The van der Waals surface area contributed by atoms with Crippen molar-refractivity contribution in [3.8, 4) is 0 Å². The molecule has 19 heavy (non-hydrogen) atoms. The predicted octanol–water partition coefficient (Wildman–Crippen LogP) is 2.72. The summed E-state index contributed by atoms with van der Waals surface area (Å²) in [5.74, 6) is -0.820. The number of fused-ring (bicyclic) bond motifs is 1. The molecule has 0 fully saturated rings. The number of thiazole rings is 1. The van der Waals surface area contributed by atoms with Crippen molar-refractivity contribution in [3.63, 3.8) is 0 Å². The highest BCUT2D eigenvalue weighted by Crippen LogP contribution is 2.20. The minimum Gasteiger partial charge on any atom is -0.296 e. The summed E-state index contributed by atoms with van der Waals surface area (Å²) >= 11 is 1.33. The number of carbonyl (C=O) groups excluding carboxylic acids is 1. The van der Waals surface area contributed by atoms with E-state index in [9.17, 15) is 9.18 Å². The number of hydrogen-bond acceptors (Lipinski definition) is 4. The number of H-pyrrole nitrogens is 1. The fraction of sp³-hybridized carbons (Fsp3) is 0.0833. The molecule has 0 unspecified atom stereocenters. The lowest BCUT2D eigenvalue weighted by molar-refractivity contribution is 0.102. The topological polar surface area (TPSA) is 70.7 Å². The van der Waals surface area contributed by atoms with E-state index in [2.05, 4.69) is 20.5 Å². The minimum atomic E-state index is -0.411. The average Bonchev–Trinajstić information content (AvgIpc) is 2.95. The van der Waals surface area contributed by atoms with Crippen molar-refractivity contribution >= 4 is 33.3 Å². The van der Waals surface area contributed by atoms with Crippen LogP contribution in [0.1, 0.15) is 16.2 Å². The molecule has 2 N–H and O–H groups in total.